The van der Waals surface area contributed by atoms with Crippen LogP contribution in [-0.2, 0) is 6.42 Å². The molecule has 2 aromatic rings. The number of nitrogens with zero attached hydrogens (tertiary/aromatic N) is 1. The summed E-state index contributed by atoms with van der Waals surface area (Å²) in [6.45, 7) is 2.02. The van der Waals surface area contributed by atoms with Gasteiger partial charge in [0.15, 0.2) is 0 Å². The Hall–Kier alpha value is -1.10. The topological polar surface area (TPSA) is 38.9 Å². The van der Waals surface area contributed by atoms with Gasteiger partial charge in [0.2, 0.25) is 0 Å². The molecule has 1 unspecified atom stereocenters. The molecule has 0 aliphatic heterocycles. The molecule has 0 bridgehead atoms. The lowest BCUT2D eigenvalue weighted by Crippen LogP contribution is -2.21. The Kier molecular flexibility index (Phi) is 5.40. The number of rotatable bonds is 5. The molecule has 1 aromatic heterocycles. The van der Waals surface area contributed by atoms with Crippen molar-refractivity contribution < 1.29 is 4.39 Å². The standard InChI is InChI=1S/C15H16ClFN2S/c1-2-11(18)8-10-5-6-14(13(17)9-10)20-15-12(16)4-3-7-19-15/h3-7,9,11H,2,8,18H2,1H3. The molecule has 106 valence electrons. The molecule has 0 spiro atoms. The summed E-state index contributed by atoms with van der Waals surface area (Å²) in [5.41, 5.74) is 6.79. The average molecular weight is 311 g/mol. The Morgan fingerprint density at radius 2 is 2.20 bits per heavy atom. The van der Waals surface area contributed by atoms with E-state index < -0.39 is 0 Å². The van der Waals surface area contributed by atoms with E-state index in [1.807, 2.05) is 13.0 Å². The van der Waals surface area contributed by atoms with Crippen molar-refractivity contribution in [1.29, 1.82) is 0 Å². The van der Waals surface area contributed by atoms with Crippen LogP contribution in [0.2, 0.25) is 5.02 Å². The van der Waals surface area contributed by atoms with Crippen molar-refractivity contribution in [2.24, 2.45) is 5.73 Å². The van der Waals surface area contributed by atoms with Crippen LogP contribution >= 0.6 is 23.4 Å². The molecule has 1 aromatic carbocycles. The van der Waals surface area contributed by atoms with Gasteiger partial charge in [0.25, 0.3) is 0 Å². The van der Waals surface area contributed by atoms with Gasteiger partial charge >= 0.3 is 0 Å². The quantitative estimate of drug-likeness (QED) is 0.894. The van der Waals surface area contributed by atoms with Gasteiger partial charge in [-0.25, -0.2) is 9.37 Å². The molecule has 0 saturated carbocycles. The van der Waals surface area contributed by atoms with Gasteiger partial charge in [-0.05, 0) is 42.7 Å². The molecular weight excluding hydrogens is 295 g/mol. The Morgan fingerprint density at radius 1 is 1.40 bits per heavy atom. The number of hydrogen-bond acceptors (Lipinski definition) is 3. The zero-order valence-corrected chi connectivity index (χ0v) is 12.7. The van der Waals surface area contributed by atoms with Crippen LogP contribution in [0.15, 0.2) is 46.5 Å². The smallest absolute Gasteiger partial charge is 0.137 e. The number of hydrogen-bond donors (Lipinski definition) is 1. The van der Waals surface area contributed by atoms with Gasteiger partial charge in [-0.1, -0.05) is 36.4 Å². The van der Waals surface area contributed by atoms with Gasteiger partial charge in [0.1, 0.15) is 10.8 Å². The van der Waals surface area contributed by atoms with Gasteiger partial charge in [-0.3, -0.25) is 0 Å². The van der Waals surface area contributed by atoms with E-state index in [2.05, 4.69) is 4.98 Å². The van der Waals surface area contributed by atoms with E-state index in [0.29, 0.717) is 21.4 Å². The second-order valence-corrected chi connectivity index (χ2v) is 5.97. The lowest BCUT2D eigenvalue weighted by Gasteiger charge is -2.10. The first kappa shape index (κ1) is 15.3. The third-order valence-electron chi connectivity index (χ3n) is 2.95. The maximum Gasteiger partial charge on any atom is 0.137 e. The van der Waals surface area contributed by atoms with Crippen molar-refractivity contribution in [1.82, 2.24) is 4.98 Å². The van der Waals surface area contributed by atoms with Gasteiger partial charge in [0.05, 0.1) is 5.02 Å². The van der Waals surface area contributed by atoms with Crippen LogP contribution in [0.5, 0.6) is 0 Å². The van der Waals surface area contributed by atoms with Crippen molar-refractivity contribution in [3.63, 3.8) is 0 Å². The van der Waals surface area contributed by atoms with Crippen molar-refractivity contribution in [2.75, 3.05) is 0 Å². The highest BCUT2D eigenvalue weighted by Gasteiger charge is 2.10. The van der Waals surface area contributed by atoms with Crippen LogP contribution in [0.4, 0.5) is 4.39 Å². The average Bonchev–Trinajstić information content (AvgIpc) is 2.44. The molecule has 0 amide bonds. The zero-order valence-electron chi connectivity index (χ0n) is 11.1. The largest absolute Gasteiger partial charge is 0.327 e. The summed E-state index contributed by atoms with van der Waals surface area (Å²) < 4.78 is 14.1. The normalized spacial score (nSPS) is 12.4. The number of pyridine rings is 1. The molecule has 0 aliphatic carbocycles. The first-order valence-corrected chi connectivity index (χ1v) is 7.62. The molecule has 0 saturated heterocycles. The van der Waals surface area contributed by atoms with E-state index >= 15 is 0 Å². The molecule has 5 heteroatoms. The fraction of sp³-hybridized carbons (Fsp3) is 0.267. The third-order valence-corrected chi connectivity index (χ3v) is 4.44. The van der Waals surface area contributed by atoms with E-state index in [4.69, 9.17) is 17.3 Å². The fourth-order valence-corrected chi connectivity index (χ4v) is 2.77. The Bertz CT molecular complexity index is 592. The third kappa shape index (κ3) is 3.95. The maximum absolute atomic E-state index is 14.1. The highest BCUT2D eigenvalue weighted by atomic mass is 35.5. The Labute approximate surface area is 127 Å². The second kappa shape index (κ2) is 7.07. The SMILES string of the molecule is CCC(N)Cc1ccc(Sc2ncccc2Cl)c(F)c1. The van der Waals surface area contributed by atoms with E-state index in [1.54, 1.807) is 24.4 Å². The van der Waals surface area contributed by atoms with Crippen molar-refractivity contribution in [2.45, 2.75) is 35.7 Å². The highest BCUT2D eigenvalue weighted by molar-refractivity contribution is 7.99. The minimum absolute atomic E-state index is 0.0677. The summed E-state index contributed by atoms with van der Waals surface area (Å²) in [5, 5.41) is 1.13. The Morgan fingerprint density at radius 3 is 2.85 bits per heavy atom. The van der Waals surface area contributed by atoms with E-state index in [9.17, 15) is 4.39 Å². The maximum atomic E-state index is 14.1. The van der Waals surface area contributed by atoms with Crippen molar-refractivity contribution in [3.05, 3.63) is 52.9 Å². The van der Waals surface area contributed by atoms with Crippen LogP contribution < -0.4 is 5.73 Å². The van der Waals surface area contributed by atoms with E-state index in [1.165, 1.54) is 17.8 Å². The summed E-state index contributed by atoms with van der Waals surface area (Å²) in [4.78, 5) is 4.66. The molecule has 2 rings (SSSR count). The minimum Gasteiger partial charge on any atom is -0.327 e. The number of halogens is 2. The molecule has 0 aliphatic rings. The van der Waals surface area contributed by atoms with Gasteiger partial charge in [0, 0.05) is 17.1 Å². The second-order valence-electron chi connectivity index (χ2n) is 4.53. The summed E-state index contributed by atoms with van der Waals surface area (Å²) in [5.74, 6) is -0.266. The zero-order chi connectivity index (χ0) is 14.5. The van der Waals surface area contributed by atoms with Gasteiger partial charge in [-0.15, -0.1) is 0 Å². The van der Waals surface area contributed by atoms with Crippen molar-refractivity contribution in [3.8, 4) is 0 Å². The summed E-state index contributed by atoms with van der Waals surface area (Å²) in [7, 11) is 0. The summed E-state index contributed by atoms with van der Waals surface area (Å²) >= 11 is 7.25. The van der Waals surface area contributed by atoms with Crippen molar-refractivity contribution >= 4 is 23.4 Å². The van der Waals surface area contributed by atoms with Crippen LogP contribution in [-0.4, -0.2) is 11.0 Å². The lowest BCUT2D eigenvalue weighted by atomic mass is 10.0. The molecule has 20 heavy (non-hydrogen) atoms. The minimum atomic E-state index is -0.266. The summed E-state index contributed by atoms with van der Waals surface area (Å²) in [6.07, 6.45) is 3.20. The number of benzene rings is 1. The van der Waals surface area contributed by atoms with Crippen LogP contribution in [0.3, 0.4) is 0 Å². The highest BCUT2D eigenvalue weighted by Crippen LogP contribution is 2.33. The number of nitrogens with two attached hydrogens (primary N) is 1. The van der Waals surface area contributed by atoms with Gasteiger partial charge in [-0.2, -0.15) is 0 Å². The molecule has 2 nitrogen and oxygen atoms in total. The fourth-order valence-electron chi connectivity index (χ4n) is 1.75. The predicted molar refractivity (Wildman–Crippen MR) is 81.7 cm³/mol. The molecule has 0 fully saturated rings. The molecule has 2 N–H and O–H groups in total. The Balaban J connectivity index is 2.16. The van der Waals surface area contributed by atoms with E-state index in [-0.39, 0.29) is 11.9 Å². The first-order valence-electron chi connectivity index (χ1n) is 6.42. The van der Waals surface area contributed by atoms with Crippen LogP contribution in [0.25, 0.3) is 0 Å². The molecule has 1 atom stereocenters. The van der Waals surface area contributed by atoms with Crippen LogP contribution in [0, 0.1) is 5.82 Å². The monoisotopic (exact) mass is 310 g/mol. The molecule has 0 radical (unpaired) electrons. The van der Waals surface area contributed by atoms with Gasteiger partial charge < -0.3 is 5.73 Å². The summed E-state index contributed by atoms with van der Waals surface area (Å²) in [6, 6.07) is 8.74. The number of aromatic nitrogens is 1. The predicted octanol–water partition coefficient (Wildman–Crippen LogP) is 4.31. The lowest BCUT2D eigenvalue weighted by molar-refractivity contribution is 0.593. The van der Waals surface area contributed by atoms with E-state index in [0.717, 1.165) is 12.0 Å². The molecule has 1 heterocycles. The molecular formula is C15H16ClFN2S. The van der Waals surface area contributed by atoms with Crippen LogP contribution in [0.1, 0.15) is 18.9 Å². The first-order chi connectivity index (χ1) is 9.60.